The van der Waals surface area contributed by atoms with Gasteiger partial charge >= 0.3 is 0 Å². The quantitative estimate of drug-likeness (QED) is 0.612. The first-order valence-electron chi connectivity index (χ1n) is 6.14. The van der Waals surface area contributed by atoms with Crippen molar-refractivity contribution in [2.75, 3.05) is 0 Å². The lowest BCUT2D eigenvalue weighted by molar-refractivity contribution is -0.384. The van der Waals surface area contributed by atoms with Gasteiger partial charge in [-0.05, 0) is 36.2 Å². The third kappa shape index (κ3) is 1.93. The van der Waals surface area contributed by atoms with Crippen molar-refractivity contribution in [1.29, 1.82) is 0 Å². The van der Waals surface area contributed by atoms with Gasteiger partial charge in [0.2, 0.25) is 0 Å². The summed E-state index contributed by atoms with van der Waals surface area (Å²) < 4.78 is 1.99. The van der Waals surface area contributed by atoms with Crippen LogP contribution in [0.25, 0.3) is 11.3 Å². The van der Waals surface area contributed by atoms with E-state index in [0.717, 1.165) is 29.9 Å². The Morgan fingerprint density at radius 3 is 2.42 bits per heavy atom. The Morgan fingerprint density at radius 2 is 1.74 bits per heavy atom. The monoisotopic (exact) mass is 256 g/mol. The highest BCUT2D eigenvalue weighted by Crippen LogP contribution is 2.28. The number of Topliss-reactive ketones (excluding diaryl/α,β-unsaturated/α-hetero) is 1. The van der Waals surface area contributed by atoms with Crippen LogP contribution in [0.4, 0.5) is 5.69 Å². The third-order valence-corrected chi connectivity index (χ3v) is 3.43. The van der Waals surface area contributed by atoms with Crippen LogP contribution in [0.3, 0.4) is 0 Å². The Morgan fingerprint density at radius 1 is 1.05 bits per heavy atom. The Hall–Kier alpha value is -2.43. The number of ketones is 1. The molecule has 0 saturated carbocycles. The number of benzene rings is 1. The molecule has 0 spiro atoms. The maximum Gasteiger partial charge on any atom is 0.269 e. The number of nitrogens with zero attached hydrogens (tertiary/aromatic N) is 2. The van der Waals surface area contributed by atoms with Crippen molar-refractivity contribution in [2.45, 2.75) is 19.4 Å². The van der Waals surface area contributed by atoms with Crippen molar-refractivity contribution in [1.82, 2.24) is 4.57 Å². The smallest absolute Gasteiger partial charge is 0.269 e. The minimum Gasteiger partial charge on any atom is -0.338 e. The van der Waals surface area contributed by atoms with Crippen LogP contribution in [-0.4, -0.2) is 15.3 Å². The van der Waals surface area contributed by atoms with Gasteiger partial charge in [-0.25, -0.2) is 0 Å². The summed E-state index contributed by atoms with van der Waals surface area (Å²) in [4.78, 5) is 22.0. The van der Waals surface area contributed by atoms with Crippen molar-refractivity contribution in [3.8, 4) is 11.3 Å². The molecule has 3 rings (SSSR count). The first-order chi connectivity index (χ1) is 9.16. The SMILES string of the molecule is O=C1CCCn2c1ccc2-c1ccc([N+](=O)[O-])cc1. The average molecular weight is 256 g/mol. The van der Waals surface area contributed by atoms with E-state index in [1.165, 1.54) is 12.1 Å². The highest BCUT2D eigenvalue weighted by Gasteiger charge is 2.20. The van der Waals surface area contributed by atoms with Gasteiger partial charge in [-0.1, -0.05) is 0 Å². The molecular weight excluding hydrogens is 244 g/mol. The zero-order valence-corrected chi connectivity index (χ0v) is 10.2. The molecule has 0 bridgehead atoms. The zero-order chi connectivity index (χ0) is 13.4. The number of carbonyl (C=O) groups is 1. The molecule has 0 N–H and O–H groups in total. The van der Waals surface area contributed by atoms with Gasteiger partial charge in [-0.3, -0.25) is 14.9 Å². The second-order valence-electron chi connectivity index (χ2n) is 4.59. The molecule has 0 aliphatic carbocycles. The summed E-state index contributed by atoms with van der Waals surface area (Å²) >= 11 is 0. The maximum absolute atomic E-state index is 11.8. The minimum atomic E-state index is -0.416. The number of fused-ring (bicyclic) bond motifs is 1. The molecule has 1 aromatic carbocycles. The Bertz CT molecular complexity index is 656. The molecule has 0 unspecified atom stereocenters. The Balaban J connectivity index is 2.03. The van der Waals surface area contributed by atoms with E-state index in [0.29, 0.717) is 6.42 Å². The van der Waals surface area contributed by atoms with Crippen LogP contribution < -0.4 is 0 Å². The summed E-state index contributed by atoms with van der Waals surface area (Å²) in [6, 6.07) is 10.2. The van der Waals surface area contributed by atoms with Crippen LogP contribution >= 0.6 is 0 Å². The summed E-state index contributed by atoms with van der Waals surface area (Å²) in [5.41, 5.74) is 2.65. The number of hydrogen-bond acceptors (Lipinski definition) is 3. The zero-order valence-electron chi connectivity index (χ0n) is 10.2. The summed E-state index contributed by atoms with van der Waals surface area (Å²) in [7, 11) is 0. The molecule has 19 heavy (non-hydrogen) atoms. The molecule has 96 valence electrons. The standard InChI is InChI=1S/C14H12N2O3/c17-14-2-1-9-15-12(7-8-13(14)15)10-3-5-11(6-4-10)16(18)19/h3-8H,1-2,9H2. The molecule has 1 aliphatic rings. The van der Waals surface area contributed by atoms with E-state index < -0.39 is 4.92 Å². The molecule has 0 amide bonds. The van der Waals surface area contributed by atoms with Crippen LogP contribution in [0.15, 0.2) is 36.4 Å². The first kappa shape index (κ1) is 11.6. The molecule has 2 aromatic rings. The number of rotatable bonds is 2. The van der Waals surface area contributed by atoms with Crippen LogP contribution in [-0.2, 0) is 6.54 Å². The highest BCUT2D eigenvalue weighted by atomic mass is 16.6. The highest BCUT2D eigenvalue weighted by molar-refractivity contribution is 5.96. The number of hydrogen-bond donors (Lipinski definition) is 0. The number of nitro benzene ring substituents is 1. The van der Waals surface area contributed by atoms with E-state index in [4.69, 9.17) is 0 Å². The molecule has 0 atom stereocenters. The lowest BCUT2D eigenvalue weighted by atomic mass is 10.1. The second-order valence-corrected chi connectivity index (χ2v) is 4.59. The van der Waals surface area contributed by atoms with E-state index >= 15 is 0 Å². The Labute approximate surface area is 109 Å². The van der Waals surface area contributed by atoms with Gasteiger partial charge in [-0.15, -0.1) is 0 Å². The van der Waals surface area contributed by atoms with Gasteiger partial charge in [0, 0.05) is 30.8 Å². The maximum atomic E-state index is 11.8. The number of non-ortho nitro benzene ring substituents is 1. The summed E-state index contributed by atoms with van der Waals surface area (Å²) in [6.07, 6.45) is 1.45. The molecule has 5 heteroatoms. The Kier molecular flexibility index (Phi) is 2.67. The van der Waals surface area contributed by atoms with Gasteiger partial charge in [0.15, 0.2) is 5.78 Å². The predicted octanol–water partition coefficient (Wildman–Crippen LogP) is 3.04. The molecule has 0 fully saturated rings. The molecule has 1 aromatic heterocycles. The molecule has 1 aliphatic heterocycles. The average Bonchev–Trinajstić information content (AvgIpc) is 2.84. The van der Waals surface area contributed by atoms with Gasteiger partial charge in [0.05, 0.1) is 10.6 Å². The molecular formula is C14H12N2O3. The van der Waals surface area contributed by atoms with Crippen molar-refractivity contribution in [3.63, 3.8) is 0 Å². The second kappa shape index (κ2) is 4.35. The summed E-state index contributed by atoms with van der Waals surface area (Å²) in [6.45, 7) is 0.820. The topological polar surface area (TPSA) is 65.1 Å². The van der Waals surface area contributed by atoms with Crippen molar-refractivity contribution < 1.29 is 9.72 Å². The molecule has 2 heterocycles. The van der Waals surface area contributed by atoms with Crippen molar-refractivity contribution in [3.05, 3.63) is 52.2 Å². The van der Waals surface area contributed by atoms with Crippen molar-refractivity contribution in [2.24, 2.45) is 0 Å². The molecule has 0 radical (unpaired) electrons. The van der Waals surface area contributed by atoms with Crippen LogP contribution in [0.2, 0.25) is 0 Å². The van der Waals surface area contributed by atoms with Gasteiger partial charge in [-0.2, -0.15) is 0 Å². The van der Waals surface area contributed by atoms with E-state index in [2.05, 4.69) is 0 Å². The van der Waals surface area contributed by atoms with E-state index in [1.807, 2.05) is 16.7 Å². The van der Waals surface area contributed by atoms with E-state index in [9.17, 15) is 14.9 Å². The lowest BCUT2D eigenvalue weighted by Crippen LogP contribution is -2.16. The normalized spacial score (nSPS) is 14.2. The predicted molar refractivity (Wildman–Crippen MR) is 70.1 cm³/mol. The van der Waals surface area contributed by atoms with Crippen LogP contribution in [0.1, 0.15) is 23.3 Å². The molecule has 0 saturated heterocycles. The fourth-order valence-electron chi connectivity index (χ4n) is 2.48. The van der Waals surface area contributed by atoms with Gasteiger partial charge in [0.25, 0.3) is 5.69 Å². The van der Waals surface area contributed by atoms with Crippen molar-refractivity contribution >= 4 is 11.5 Å². The lowest BCUT2D eigenvalue weighted by Gasteiger charge is -2.17. The first-order valence-corrected chi connectivity index (χ1v) is 6.14. The summed E-state index contributed by atoms with van der Waals surface area (Å²) in [5, 5.41) is 10.6. The van der Waals surface area contributed by atoms with E-state index in [-0.39, 0.29) is 11.5 Å². The fraction of sp³-hybridized carbons (Fsp3) is 0.214. The largest absolute Gasteiger partial charge is 0.338 e. The van der Waals surface area contributed by atoms with Gasteiger partial charge < -0.3 is 4.57 Å². The van der Waals surface area contributed by atoms with Gasteiger partial charge in [0.1, 0.15) is 0 Å². The number of nitro groups is 1. The molecule has 5 nitrogen and oxygen atoms in total. The summed E-state index contributed by atoms with van der Waals surface area (Å²) in [5.74, 6) is 0.166. The van der Waals surface area contributed by atoms with Crippen LogP contribution in [0, 0.1) is 10.1 Å². The fourth-order valence-corrected chi connectivity index (χ4v) is 2.48. The number of aromatic nitrogens is 1. The number of carbonyl (C=O) groups excluding carboxylic acids is 1. The minimum absolute atomic E-state index is 0.0743. The van der Waals surface area contributed by atoms with E-state index in [1.54, 1.807) is 12.1 Å². The third-order valence-electron chi connectivity index (χ3n) is 3.43. The van der Waals surface area contributed by atoms with Crippen LogP contribution in [0.5, 0.6) is 0 Å².